The van der Waals surface area contributed by atoms with Crippen molar-refractivity contribution in [2.45, 2.75) is 12.8 Å². The average Bonchev–Trinajstić information content (AvgIpc) is 2.82. The van der Waals surface area contributed by atoms with E-state index in [1.807, 2.05) is 7.05 Å². The van der Waals surface area contributed by atoms with Crippen LogP contribution in [0.15, 0.2) is 27.1 Å². The molecule has 4 nitrogen and oxygen atoms in total. The molecule has 0 spiro atoms. The summed E-state index contributed by atoms with van der Waals surface area (Å²) in [4.78, 5) is 0. The van der Waals surface area contributed by atoms with E-state index in [2.05, 4.69) is 31.4 Å². The Morgan fingerprint density at radius 1 is 1.39 bits per heavy atom. The van der Waals surface area contributed by atoms with Crippen LogP contribution in [0, 0.1) is 5.82 Å². The first-order chi connectivity index (χ1) is 8.72. The van der Waals surface area contributed by atoms with E-state index in [9.17, 15) is 4.39 Å². The molecule has 18 heavy (non-hydrogen) atoms. The molecule has 0 atom stereocenters. The Kier molecular flexibility index (Phi) is 4.43. The van der Waals surface area contributed by atoms with Crippen LogP contribution in [0.25, 0.3) is 11.5 Å². The largest absolute Gasteiger partial charge is 0.421 e. The van der Waals surface area contributed by atoms with Crippen molar-refractivity contribution in [1.82, 2.24) is 15.5 Å². The van der Waals surface area contributed by atoms with Gasteiger partial charge in [-0.2, -0.15) is 0 Å². The lowest BCUT2D eigenvalue weighted by molar-refractivity contribution is 0.491. The number of benzene rings is 1. The van der Waals surface area contributed by atoms with Crippen molar-refractivity contribution in [3.63, 3.8) is 0 Å². The van der Waals surface area contributed by atoms with Gasteiger partial charge in [-0.15, -0.1) is 10.2 Å². The molecule has 2 aromatic rings. The maximum atomic E-state index is 13.8. The zero-order valence-electron chi connectivity index (χ0n) is 9.91. The summed E-state index contributed by atoms with van der Waals surface area (Å²) in [5.74, 6) is 0.357. The van der Waals surface area contributed by atoms with Gasteiger partial charge in [-0.05, 0) is 48.1 Å². The highest BCUT2D eigenvalue weighted by molar-refractivity contribution is 9.10. The summed E-state index contributed by atoms with van der Waals surface area (Å²) >= 11 is 3.13. The minimum Gasteiger partial charge on any atom is -0.421 e. The molecule has 0 saturated heterocycles. The minimum atomic E-state index is -0.386. The van der Waals surface area contributed by atoms with Crippen molar-refractivity contribution in [2.75, 3.05) is 13.6 Å². The van der Waals surface area contributed by atoms with Crippen LogP contribution in [0.3, 0.4) is 0 Å². The first-order valence-electron chi connectivity index (χ1n) is 5.63. The Balaban J connectivity index is 2.16. The predicted octanol–water partition coefficient (Wildman–Crippen LogP) is 2.79. The second-order valence-corrected chi connectivity index (χ2v) is 4.66. The zero-order valence-corrected chi connectivity index (χ0v) is 11.5. The van der Waals surface area contributed by atoms with Crippen LogP contribution < -0.4 is 5.32 Å². The molecule has 1 aromatic carbocycles. The number of hydrogen-bond acceptors (Lipinski definition) is 4. The maximum Gasteiger partial charge on any atom is 0.250 e. The molecule has 0 aliphatic rings. The molecule has 6 heteroatoms. The van der Waals surface area contributed by atoms with Crippen molar-refractivity contribution in [2.24, 2.45) is 0 Å². The molecule has 1 N–H and O–H groups in total. The molecule has 1 aromatic heterocycles. The van der Waals surface area contributed by atoms with Crippen LogP contribution in [0.5, 0.6) is 0 Å². The number of nitrogens with zero attached hydrogens (tertiary/aromatic N) is 2. The number of nitrogens with one attached hydrogen (secondary N) is 1. The fraction of sp³-hybridized carbons (Fsp3) is 0.333. The van der Waals surface area contributed by atoms with E-state index in [0.29, 0.717) is 22.3 Å². The summed E-state index contributed by atoms with van der Waals surface area (Å²) in [7, 11) is 1.89. The van der Waals surface area contributed by atoms with Crippen LogP contribution in [0.4, 0.5) is 4.39 Å². The summed E-state index contributed by atoms with van der Waals surface area (Å²) in [6.45, 7) is 0.878. The second-order valence-electron chi connectivity index (χ2n) is 3.81. The quantitative estimate of drug-likeness (QED) is 0.862. The fourth-order valence-corrected chi connectivity index (χ4v) is 1.92. The fourth-order valence-electron chi connectivity index (χ4n) is 1.55. The standard InChI is InChI=1S/C12H13BrFN3O/c1-15-7-3-6-10-16-17-12(18-10)8-4-2-5-9(13)11(8)14/h2,4-5,15H,3,6-7H2,1H3. The van der Waals surface area contributed by atoms with E-state index in [0.717, 1.165) is 13.0 Å². The maximum absolute atomic E-state index is 13.8. The van der Waals surface area contributed by atoms with Crippen molar-refractivity contribution in [3.05, 3.63) is 34.4 Å². The molecule has 96 valence electrons. The molecular formula is C12H13BrFN3O. The lowest BCUT2D eigenvalue weighted by Gasteiger charge is -1.99. The molecule has 2 rings (SSSR count). The highest BCUT2D eigenvalue weighted by Crippen LogP contribution is 2.26. The molecule has 0 unspecified atom stereocenters. The number of halogens is 2. The van der Waals surface area contributed by atoms with Gasteiger partial charge in [0.2, 0.25) is 5.89 Å². The first kappa shape index (κ1) is 13.2. The topological polar surface area (TPSA) is 51.0 Å². The van der Waals surface area contributed by atoms with Gasteiger partial charge in [0.1, 0.15) is 5.82 Å². The van der Waals surface area contributed by atoms with Crippen LogP contribution in [-0.4, -0.2) is 23.8 Å². The normalized spacial score (nSPS) is 10.8. The minimum absolute atomic E-state index is 0.216. The van der Waals surface area contributed by atoms with Gasteiger partial charge in [0.25, 0.3) is 5.89 Å². The third kappa shape index (κ3) is 2.94. The Morgan fingerprint density at radius 3 is 3.00 bits per heavy atom. The Morgan fingerprint density at radius 2 is 2.22 bits per heavy atom. The third-order valence-corrected chi connectivity index (χ3v) is 3.08. The molecule has 0 radical (unpaired) electrons. The summed E-state index contributed by atoms with van der Waals surface area (Å²) < 4.78 is 19.6. The van der Waals surface area contributed by atoms with E-state index in [1.165, 1.54) is 0 Å². The second kappa shape index (κ2) is 6.06. The number of hydrogen-bond donors (Lipinski definition) is 1. The lowest BCUT2D eigenvalue weighted by atomic mass is 10.2. The van der Waals surface area contributed by atoms with Gasteiger partial charge in [0.15, 0.2) is 0 Å². The zero-order chi connectivity index (χ0) is 13.0. The predicted molar refractivity (Wildman–Crippen MR) is 69.6 cm³/mol. The Bertz CT molecular complexity index is 530. The van der Waals surface area contributed by atoms with Crippen LogP contribution >= 0.6 is 15.9 Å². The number of rotatable bonds is 5. The van der Waals surface area contributed by atoms with Gasteiger partial charge < -0.3 is 9.73 Å². The van der Waals surface area contributed by atoms with Gasteiger partial charge in [-0.25, -0.2) is 4.39 Å². The third-order valence-electron chi connectivity index (χ3n) is 2.47. The smallest absolute Gasteiger partial charge is 0.250 e. The molecule has 0 saturated carbocycles. The first-order valence-corrected chi connectivity index (χ1v) is 6.43. The van der Waals surface area contributed by atoms with Crippen molar-refractivity contribution in [3.8, 4) is 11.5 Å². The summed E-state index contributed by atoms with van der Waals surface area (Å²) in [5.41, 5.74) is 0.316. The monoisotopic (exact) mass is 313 g/mol. The van der Waals surface area contributed by atoms with Crippen molar-refractivity contribution in [1.29, 1.82) is 0 Å². The summed E-state index contributed by atoms with van der Waals surface area (Å²) in [6, 6.07) is 4.97. The summed E-state index contributed by atoms with van der Waals surface area (Å²) in [6.07, 6.45) is 1.59. The van der Waals surface area contributed by atoms with E-state index >= 15 is 0 Å². The van der Waals surface area contributed by atoms with E-state index < -0.39 is 0 Å². The van der Waals surface area contributed by atoms with Crippen molar-refractivity contribution < 1.29 is 8.81 Å². The summed E-state index contributed by atoms with van der Waals surface area (Å²) in [5, 5.41) is 10.8. The van der Waals surface area contributed by atoms with Crippen LogP contribution in [0.1, 0.15) is 12.3 Å². The molecule has 0 bridgehead atoms. The van der Waals surface area contributed by atoms with Gasteiger partial charge in [0.05, 0.1) is 10.0 Å². The highest BCUT2D eigenvalue weighted by Gasteiger charge is 2.14. The highest BCUT2D eigenvalue weighted by atomic mass is 79.9. The molecule has 0 aliphatic heterocycles. The molecular weight excluding hydrogens is 301 g/mol. The number of aromatic nitrogens is 2. The number of aryl methyl sites for hydroxylation is 1. The van der Waals surface area contributed by atoms with E-state index in [1.54, 1.807) is 18.2 Å². The SMILES string of the molecule is CNCCCc1nnc(-c2cccc(Br)c2F)o1. The van der Waals surface area contributed by atoms with Crippen molar-refractivity contribution >= 4 is 15.9 Å². The molecule has 1 heterocycles. The Labute approximate surface area is 113 Å². The average molecular weight is 314 g/mol. The van der Waals surface area contributed by atoms with Gasteiger partial charge in [-0.3, -0.25) is 0 Å². The van der Waals surface area contributed by atoms with Crippen LogP contribution in [-0.2, 0) is 6.42 Å². The van der Waals surface area contributed by atoms with E-state index in [4.69, 9.17) is 4.42 Å². The van der Waals surface area contributed by atoms with E-state index in [-0.39, 0.29) is 11.7 Å². The van der Waals surface area contributed by atoms with Gasteiger partial charge in [0, 0.05) is 6.42 Å². The molecule has 0 fully saturated rings. The van der Waals surface area contributed by atoms with Crippen LogP contribution in [0.2, 0.25) is 0 Å². The van der Waals surface area contributed by atoms with Gasteiger partial charge in [-0.1, -0.05) is 6.07 Å². The molecule has 0 amide bonds. The Hall–Kier alpha value is -1.27. The lowest BCUT2D eigenvalue weighted by Crippen LogP contribution is -2.08. The molecule has 0 aliphatic carbocycles. The van der Waals surface area contributed by atoms with Gasteiger partial charge >= 0.3 is 0 Å².